The van der Waals surface area contributed by atoms with Crippen molar-refractivity contribution in [2.45, 2.75) is 33.4 Å². The maximum Gasteiger partial charge on any atom is 0.194 e. The van der Waals surface area contributed by atoms with E-state index in [2.05, 4.69) is 56.5 Å². The lowest BCUT2D eigenvalue weighted by Crippen LogP contribution is -2.52. The maximum absolute atomic E-state index is 5.16. The molecule has 1 aliphatic heterocycles. The van der Waals surface area contributed by atoms with Crippen LogP contribution in [0.15, 0.2) is 39.8 Å². The highest BCUT2D eigenvalue weighted by Gasteiger charge is 2.20. The van der Waals surface area contributed by atoms with Crippen molar-refractivity contribution in [2.75, 3.05) is 33.2 Å². The van der Waals surface area contributed by atoms with Gasteiger partial charge in [0.1, 0.15) is 5.76 Å². The minimum absolute atomic E-state index is 0. The van der Waals surface area contributed by atoms with Gasteiger partial charge in [0.15, 0.2) is 5.96 Å². The Morgan fingerprint density at radius 3 is 2.48 bits per heavy atom. The third kappa shape index (κ3) is 5.93. The Labute approximate surface area is 179 Å². The van der Waals surface area contributed by atoms with Gasteiger partial charge in [0.2, 0.25) is 0 Å². The van der Waals surface area contributed by atoms with Crippen molar-refractivity contribution < 1.29 is 4.52 Å². The van der Waals surface area contributed by atoms with Gasteiger partial charge < -0.3 is 14.7 Å². The number of rotatable bonds is 5. The van der Waals surface area contributed by atoms with Crippen molar-refractivity contribution in [3.05, 3.63) is 52.9 Å². The molecular weight excluding hydrogens is 453 g/mol. The smallest absolute Gasteiger partial charge is 0.194 e. The lowest BCUT2D eigenvalue weighted by molar-refractivity contribution is 0.169. The fourth-order valence-electron chi connectivity index (χ4n) is 3.42. The number of halogens is 1. The van der Waals surface area contributed by atoms with Crippen molar-refractivity contribution in [3.63, 3.8) is 0 Å². The highest BCUT2D eigenvalue weighted by Crippen LogP contribution is 2.11. The van der Waals surface area contributed by atoms with Crippen LogP contribution in [-0.2, 0) is 19.5 Å². The molecule has 6 nitrogen and oxygen atoms in total. The Balaban J connectivity index is 0.00000261. The molecule has 148 valence electrons. The van der Waals surface area contributed by atoms with Crippen molar-refractivity contribution in [1.29, 1.82) is 0 Å². The van der Waals surface area contributed by atoms with Crippen molar-refractivity contribution in [2.24, 2.45) is 4.99 Å². The average molecular weight is 483 g/mol. The molecule has 1 aliphatic rings. The van der Waals surface area contributed by atoms with Crippen LogP contribution in [-0.4, -0.2) is 54.1 Å². The van der Waals surface area contributed by atoms with Crippen LogP contribution < -0.4 is 5.32 Å². The van der Waals surface area contributed by atoms with Gasteiger partial charge in [0.25, 0.3) is 0 Å². The molecule has 3 rings (SSSR count). The topological polar surface area (TPSA) is 56.9 Å². The molecule has 0 amide bonds. The van der Waals surface area contributed by atoms with E-state index in [1.165, 1.54) is 11.1 Å². The molecule has 1 fully saturated rings. The van der Waals surface area contributed by atoms with E-state index in [-0.39, 0.29) is 24.0 Å². The van der Waals surface area contributed by atoms with Gasteiger partial charge in [0.05, 0.1) is 5.69 Å². The molecule has 7 heteroatoms. The Morgan fingerprint density at radius 2 is 1.89 bits per heavy atom. The molecule has 0 aliphatic carbocycles. The summed E-state index contributed by atoms with van der Waals surface area (Å²) in [5.74, 6) is 1.85. The Morgan fingerprint density at radius 1 is 1.19 bits per heavy atom. The molecule has 27 heavy (non-hydrogen) atoms. The lowest BCUT2D eigenvalue weighted by atomic mass is 10.1. The zero-order valence-electron chi connectivity index (χ0n) is 16.4. The first-order chi connectivity index (χ1) is 12.7. The number of hydrogen-bond acceptors (Lipinski definition) is 4. The average Bonchev–Trinajstić information content (AvgIpc) is 3.08. The molecule has 1 aromatic heterocycles. The van der Waals surface area contributed by atoms with Crippen molar-refractivity contribution in [1.82, 2.24) is 20.3 Å². The van der Waals surface area contributed by atoms with Crippen LogP contribution in [0.25, 0.3) is 0 Å². The molecule has 1 saturated heterocycles. The zero-order valence-corrected chi connectivity index (χ0v) is 18.8. The Hall–Kier alpha value is -1.61. The molecule has 0 saturated carbocycles. The van der Waals surface area contributed by atoms with E-state index in [4.69, 9.17) is 4.52 Å². The van der Waals surface area contributed by atoms with Crippen LogP contribution in [0.4, 0.5) is 0 Å². The molecule has 1 N–H and O–H groups in total. The second-order valence-electron chi connectivity index (χ2n) is 6.72. The normalized spacial score (nSPS) is 15.5. The van der Waals surface area contributed by atoms with E-state index >= 15 is 0 Å². The third-order valence-corrected chi connectivity index (χ3v) is 4.88. The van der Waals surface area contributed by atoms with Gasteiger partial charge in [-0.15, -0.1) is 24.0 Å². The summed E-state index contributed by atoms with van der Waals surface area (Å²) in [6.45, 7) is 9.72. The predicted octanol–water partition coefficient (Wildman–Crippen LogP) is 3.06. The molecule has 1 aromatic carbocycles. The highest BCUT2D eigenvalue weighted by molar-refractivity contribution is 14.0. The van der Waals surface area contributed by atoms with Crippen LogP contribution in [0, 0.1) is 6.92 Å². The first kappa shape index (κ1) is 21.7. The van der Waals surface area contributed by atoms with Gasteiger partial charge in [0, 0.05) is 52.4 Å². The van der Waals surface area contributed by atoms with Crippen LogP contribution in [0.2, 0.25) is 0 Å². The number of nitrogens with one attached hydrogen (secondary N) is 1. The summed E-state index contributed by atoms with van der Waals surface area (Å²) >= 11 is 0. The Kier molecular flexibility index (Phi) is 8.56. The number of aliphatic imine (C=N–C) groups is 1. The maximum atomic E-state index is 5.16. The van der Waals surface area contributed by atoms with E-state index in [1.54, 1.807) is 0 Å². The second kappa shape index (κ2) is 10.7. The number of benzene rings is 1. The van der Waals surface area contributed by atoms with E-state index in [1.807, 2.05) is 20.0 Å². The number of hydrogen-bond donors (Lipinski definition) is 1. The quantitative estimate of drug-likeness (QED) is 0.403. The summed E-state index contributed by atoms with van der Waals surface area (Å²) in [7, 11) is 1.86. The summed E-state index contributed by atoms with van der Waals surface area (Å²) in [5, 5.41) is 7.62. The molecule has 0 unspecified atom stereocenters. The summed E-state index contributed by atoms with van der Waals surface area (Å²) in [6.07, 6.45) is 1.05. The number of aryl methyl sites for hydroxylation is 2. The minimum Gasteiger partial charge on any atom is -0.361 e. The number of piperazine rings is 1. The monoisotopic (exact) mass is 483 g/mol. The van der Waals surface area contributed by atoms with Gasteiger partial charge in [-0.25, -0.2) is 0 Å². The largest absolute Gasteiger partial charge is 0.361 e. The summed E-state index contributed by atoms with van der Waals surface area (Å²) in [4.78, 5) is 9.22. The van der Waals surface area contributed by atoms with Crippen molar-refractivity contribution >= 4 is 29.9 Å². The van der Waals surface area contributed by atoms with E-state index in [9.17, 15) is 0 Å². The molecule has 0 radical (unpaired) electrons. The summed E-state index contributed by atoms with van der Waals surface area (Å²) < 4.78 is 5.16. The zero-order chi connectivity index (χ0) is 18.4. The number of guanidine groups is 1. The second-order valence-corrected chi connectivity index (χ2v) is 6.72. The fraction of sp³-hybridized carbons (Fsp3) is 0.500. The van der Waals surface area contributed by atoms with Crippen LogP contribution in [0.3, 0.4) is 0 Å². The number of aromatic nitrogens is 1. The summed E-state index contributed by atoms with van der Waals surface area (Å²) in [5.41, 5.74) is 3.74. The molecule has 2 heterocycles. The van der Waals surface area contributed by atoms with Gasteiger partial charge >= 0.3 is 0 Å². The third-order valence-electron chi connectivity index (χ3n) is 4.88. The van der Waals surface area contributed by atoms with Gasteiger partial charge in [-0.3, -0.25) is 9.89 Å². The highest BCUT2D eigenvalue weighted by atomic mass is 127. The van der Waals surface area contributed by atoms with E-state index in [0.717, 1.165) is 63.1 Å². The first-order valence-corrected chi connectivity index (χ1v) is 9.36. The molecule has 2 aromatic rings. The van der Waals surface area contributed by atoms with Crippen LogP contribution in [0.1, 0.15) is 29.5 Å². The van der Waals surface area contributed by atoms with Crippen LogP contribution >= 0.6 is 24.0 Å². The van der Waals surface area contributed by atoms with Gasteiger partial charge in [-0.05, 0) is 24.5 Å². The van der Waals surface area contributed by atoms with Crippen molar-refractivity contribution in [3.8, 4) is 0 Å². The van der Waals surface area contributed by atoms with Crippen LogP contribution in [0.5, 0.6) is 0 Å². The molecule has 0 atom stereocenters. The van der Waals surface area contributed by atoms with Gasteiger partial charge in [-0.1, -0.05) is 36.3 Å². The predicted molar refractivity (Wildman–Crippen MR) is 120 cm³/mol. The fourth-order valence-corrected chi connectivity index (χ4v) is 3.42. The van der Waals surface area contributed by atoms with Gasteiger partial charge in [-0.2, -0.15) is 0 Å². The van der Waals surface area contributed by atoms with E-state index in [0.29, 0.717) is 0 Å². The van der Waals surface area contributed by atoms with E-state index < -0.39 is 0 Å². The molecule has 0 spiro atoms. The molecule has 0 bridgehead atoms. The Bertz CT molecular complexity index is 737. The minimum atomic E-state index is 0. The molecular formula is C20H30IN5O. The lowest BCUT2D eigenvalue weighted by Gasteiger charge is -2.36. The standard InChI is InChI=1S/C20H29N5O.HI/c1-4-17-7-5-6-8-18(17)14-22-20(21-3)25-11-9-24(10-12-25)15-19-13-16(2)26-23-19;/h5-8,13H,4,9-12,14-15H2,1-3H3,(H,21,22);1H. The summed E-state index contributed by atoms with van der Waals surface area (Å²) in [6, 6.07) is 10.6. The SMILES string of the molecule is CCc1ccccc1CNC(=NC)N1CCN(Cc2cc(C)on2)CC1.I. The number of nitrogens with zero attached hydrogens (tertiary/aromatic N) is 4. The first-order valence-electron chi connectivity index (χ1n) is 9.36.